The lowest BCUT2D eigenvalue weighted by atomic mass is 9.97. The Morgan fingerprint density at radius 3 is 1.84 bits per heavy atom. The Morgan fingerprint density at radius 2 is 1.37 bits per heavy atom. The van der Waals surface area contributed by atoms with Gasteiger partial charge in [0, 0.05) is 0 Å². The monoisotopic (exact) mass is 275 g/mol. The molecule has 0 aliphatic heterocycles. The molecule has 7 nitrogen and oxygen atoms in total. The van der Waals surface area contributed by atoms with Gasteiger partial charge in [-0.2, -0.15) is 0 Å². The highest BCUT2D eigenvalue weighted by Gasteiger charge is 2.35. The summed E-state index contributed by atoms with van der Waals surface area (Å²) >= 11 is 0. The number of rotatable bonds is 8. The molecule has 2 atom stereocenters. The van der Waals surface area contributed by atoms with Gasteiger partial charge in [0.15, 0.2) is 0 Å². The molecular formula is C12H21NO6. The van der Waals surface area contributed by atoms with Crippen LogP contribution < -0.4 is 5.73 Å². The number of hydrogen-bond donors (Lipinski definition) is 1. The Kier molecular flexibility index (Phi) is 8.52. The Labute approximate surface area is 112 Å². The van der Waals surface area contributed by atoms with Crippen molar-refractivity contribution in [1.82, 2.24) is 0 Å². The van der Waals surface area contributed by atoms with Crippen LogP contribution in [0.3, 0.4) is 0 Å². The molecule has 0 radical (unpaired) electrons. The molecule has 0 aliphatic rings. The second-order valence-electron chi connectivity index (χ2n) is 3.65. The maximum atomic E-state index is 11.7. The zero-order valence-corrected chi connectivity index (χ0v) is 11.5. The van der Waals surface area contributed by atoms with Crippen LogP contribution in [0.1, 0.15) is 27.2 Å². The number of ether oxygens (including phenoxy) is 3. The first-order chi connectivity index (χ1) is 8.97. The van der Waals surface area contributed by atoms with Crippen LogP contribution in [0.2, 0.25) is 0 Å². The Balaban J connectivity index is 4.79. The topological polar surface area (TPSA) is 105 Å². The highest BCUT2D eigenvalue weighted by molar-refractivity contribution is 5.87. The summed E-state index contributed by atoms with van der Waals surface area (Å²) in [4.78, 5) is 34.7. The minimum Gasteiger partial charge on any atom is -0.466 e. The van der Waals surface area contributed by atoms with E-state index >= 15 is 0 Å². The first-order valence-corrected chi connectivity index (χ1v) is 6.22. The van der Waals surface area contributed by atoms with Crippen molar-refractivity contribution in [3.63, 3.8) is 0 Å². The van der Waals surface area contributed by atoms with Gasteiger partial charge in [0.25, 0.3) is 0 Å². The van der Waals surface area contributed by atoms with E-state index in [2.05, 4.69) is 0 Å². The summed E-state index contributed by atoms with van der Waals surface area (Å²) < 4.78 is 14.3. The molecular weight excluding hydrogens is 254 g/mol. The zero-order valence-electron chi connectivity index (χ0n) is 11.5. The first-order valence-electron chi connectivity index (χ1n) is 6.22. The van der Waals surface area contributed by atoms with Crippen molar-refractivity contribution in [2.45, 2.75) is 33.2 Å². The molecule has 0 spiro atoms. The molecule has 0 saturated heterocycles. The molecule has 0 bridgehead atoms. The van der Waals surface area contributed by atoms with Gasteiger partial charge < -0.3 is 19.9 Å². The van der Waals surface area contributed by atoms with E-state index in [1.54, 1.807) is 20.8 Å². The van der Waals surface area contributed by atoms with Gasteiger partial charge in [-0.3, -0.25) is 14.4 Å². The van der Waals surface area contributed by atoms with Crippen LogP contribution in [0.15, 0.2) is 0 Å². The van der Waals surface area contributed by atoms with Crippen LogP contribution in [0.4, 0.5) is 0 Å². The van der Waals surface area contributed by atoms with Gasteiger partial charge in [-0.05, 0) is 20.8 Å². The average molecular weight is 275 g/mol. The third kappa shape index (κ3) is 6.19. The van der Waals surface area contributed by atoms with E-state index in [9.17, 15) is 14.4 Å². The molecule has 0 aliphatic carbocycles. The summed E-state index contributed by atoms with van der Waals surface area (Å²) in [5.41, 5.74) is 5.64. The quantitative estimate of drug-likeness (QED) is 0.491. The highest BCUT2D eigenvalue weighted by Crippen LogP contribution is 2.13. The van der Waals surface area contributed by atoms with Crippen molar-refractivity contribution in [1.29, 1.82) is 0 Å². The highest BCUT2D eigenvalue weighted by atomic mass is 16.5. The third-order valence-corrected chi connectivity index (χ3v) is 2.27. The normalized spacial score (nSPS) is 13.3. The van der Waals surface area contributed by atoms with Gasteiger partial charge in [-0.25, -0.2) is 0 Å². The SMILES string of the molecule is CCOC(=O)CC(C(=O)OCC)C(N)C(=O)OCC. The molecule has 7 heteroatoms. The van der Waals surface area contributed by atoms with Crippen molar-refractivity contribution in [3.8, 4) is 0 Å². The Bertz CT molecular complexity index is 317. The standard InChI is InChI=1S/C12H21NO6/c1-4-17-9(14)7-8(11(15)18-5-2)10(13)12(16)19-6-3/h8,10H,4-7,13H2,1-3H3. The zero-order chi connectivity index (χ0) is 14.8. The fraction of sp³-hybridized carbons (Fsp3) is 0.750. The maximum Gasteiger partial charge on any atom is 0.323 e. The van der Waals surface area contributed by atoms with Crippen LogP contribution in [0.5, 0.6) is 0 Å². The Hall–Kier alpha value is -1.63. The molecule has 0 saturated carbocycles. The summed E-state index contributed by atoms with van der Waals surface area (Å²) in [7, 11) is 0. The van der Waals surface area contributed by atoms with E-state index in [1.165, 1.54) is 0 Å². The van der Waals surface area contributed by atoms with Crippen molar-refractivity contribution in [3.05, 3.63) is 0 Å². The molecule has 0 heterocycles. The summed E-state index contributed by atoms with van der Waals surface area (Å²) in [5, 5.41) is 0. The predicted octanol–water partition coefficient (Wildman–Crippen LogP) is 0.00930. The minimum absolute atomic E-state index is 0.133. The van der Waals surface area contributed by atoms with Gasteiger partial charge >= 0.3 is 17.9 Å². The summed E-state index contributed by atoms with van der Waals surface area (Å²) in [6, 6.07) is -1.25. The molecule has 2 unspecified atom stereocenters. The largest absolute Gasteiger partial charge is 0.466 e. The van der Waals surface area contributed by atoms with Crippen molar-refractivity contribution in [2.24, 2.45) is 11.7 Å². The molecule has 0 aromatic rings. The van der Waals surface area contributed by atoms with Crippen LogP contribution in [0.25, 0.3) is 0 Å². The molecule has 0 rings (SSSR count). The fourth-order valence-corrected chi connectivity index (χ4v) is 1.41. The predicted molar refractivity (Wildman–Crippen MR) is 66.0 cm³/mol. The second-order valence-corrected chi connectivity index (χ2v) is 3.65. The smallest absolute Gasteiger partial charge is 0.323 e. The van der Waals surface area contributed by atoms with E-state index in [-0.39, 0.29) is 26.2 Å². The lowest BCUT2D eigenvalue weighted by Crippen LogP contribution is -2.45. The Morgan fingerprint density at radius 1 is 0.895 bits per heavy atom. The van der Waals surface area contributed by atoms with Crippen molar-refractivity contribution < 1.29 is 28.6 Å². The van der Waals surface area contributed by atoms with Gasteiger partial charge in [0.2, 0.25) is 0 Å². The fourth-order valence-electron chi connectivity index (χ4n) is 1.41. The van der Waals surface area contributed by atoms with Gasteiger partial charge in [-0.15, -0.1) is 0 Å². The average Bonchev–Trinajstić information content (AvgIpc) is 2.36. The van der Waals surface area contributed by atoms with E-state index < -0.39 is 29.9 Å². The molecule has 2 N–H and O–H groups in total. The molecule has 110 valence electrons. The van der Waals surface area contributed by atoms with Crippen LogP contribution >= 0.6 is 0 Å². The molecule has 0 aromatic heterocycles. The molecule has 0 fully saturated rings. The van der Waals surface area contributed by atoms with Crippen LogP contribution in [-0.2, 0) is 28.6 Å². The first kappa shape index (κ1) is 17.4. The minimum atomic E-state index is -1.25. The van der Waals surface area contributed by atoms with E-state index in [1.807, 2.05) is 0 Å². The van der Waals surface area contributed by atoms with Gasteiger partial charge in [0.1, 0.15) is 6.04 Å². The number of esters is 3. The van der Waals surface area contributed by atoms with E-state index in [0.717, 1.165) is 0 Å². The summed E-state index contributed by atoms with van der Waals surface area (Å²) in [6.07, 6.45) is -0.313. The summed E-state index contributed by atoms with van der Waals surface area (Å²) in [6.45, 7) is 5.34. The van der Waals surface area contributed by atoms with Crippen LogP contribution in [0, 0.1) is 5.92 Å². The van der Waals surface area contributed by atoms with Gasteiger partial charge in [-0.1, -0.05) is 0 Å². The second kappa shape index (κ2) is 9.32. The maximum absolute atomic E-state index is 11.7. The van der Waals surface area contributed by atoms with Gasteiger partial charge in [0.05, 0.1) is 32.2 Å². The number of nitrogens with two attached hydrogens (primary N) is 1. The lowest BCUT2D eigenvalue weighted by Gasteiger charge is -2.20. The number of carbonyl (C=O) groups is 3. The molecule has 19 heavy (non-hydrogen) atoms. The number of hydrogen-bond acceptors (Lipinski definition) is 7. The van der Waals surface area contributed by atoms with E-state index in [4.69, 9.17) is 19.9 Å². The van der Waals surface area contributed by atoms with Crippen molar-refractivity contribution >= 4 is 17.9 Å². The van der Waals surface area contributed by atoms with E-state index in [0.29, 0.717) is 0 Å². The summed E-state index contributed by atoms with van der Waals surface area (Å²) in [5.74, 6) is -3.17. The van der Waals surface area contributed by atoms with Crippen LogP contribution in [-0.4, -0.2) is 43.8 Å². The van der Waals surface area contributed by atoms with Crippen molar-refractivity contribution in [2.75, 3.05) is 19.8 Å². The molecule has 0 aromatic carbocycles. The lowest BCUT2D eigenvalue weighted by molar-refractivity contribution is -0.160. The third-order valence-electron chi connectivity index (χ3n) is 2.27. The molecule has 0 amide bonds. The number of carbonyl (C=O) groups excluding carboxylic acids is 3.